The summed E-state index contributed by atoms with van der Waals surface area (Å²) in [5, 5.41) is 19.9. The molecule has 416 valence electrons. The molecule has 8 atom stereocenters. The Balaban J connectivity index is 1.38. The number of para-hydroxylation sites is 1. The minimum atomic E-state index is -1.43. The first kappa shape index (κ1) is 59.8. The van der Waals surface area contributed by atoms with Crippen molar-refractivity contribution in [3.63, 3.8) is 0 Å². The second-order valence-corrected chi connectivity index (χ2v) is 21.8. The molecule has 8 amide bonds. The largest absolute Gasteiger partial charge is 0.368 e. The molecular formula is C54H66F2N12O8S2. The molecule has 1 aliphatic heterocycles. The van der Waals surface area contributed by atoms with Crippen molar-refractivity contribution in [2.45, 2.75) is 107 Å². The second-order valence-electron chi connectivity index (χ2n) is 19.2. The number of halogens is 2. The van der Waals surface area contributed by atoms with Crippen LogP contribution in [0, 0.1) is 17.6 Å². The Hall–Kier alpha value is -7.41. The molecule has 0 radical (unpaired) electrons. The van der Waals surface area contributed by atoms with Crippen molar-refractivity contribution in [1.82, 2.24) is 47.2 Å². The summed E-state index contributed by atoms with van der Waals surface area (Å²) in [4.78, 5) is 121. The number of H-pyrrole nitrogens is 1. The van der Waals surface area contributed by atoms with E-state index in [9.17, 15) is 47.1 Å². The van der Waals surface area contributed by atoms with Gasteiger partial charge in [-0.25, -0.2) is 8.78 Å². The number of carbonyl (C=O) groups is 8. The average molecular weight is 1110 g/mol. The van der Waals surface area contributed by atoms with Gasteiger partial charge in [-0.3, -0.25) is 43.3 Å². The summed E-state index contributed by atoms with van der Waals surface area (Å²) in [6.45, 7) is 3.60. The standard InChI is InChI=1S/C54H66F2N12O8S2/c1-30(2)46-54(76)67-45(52(74)63-41(47(59)69)23-32-14-18-36(56)19-15-32)29-78-77-28-44(66-48(70)38(58)22-31-12-16-35(55)17-13-31)53(75)64-42(24-33-8-7-21-60-26-33)50(72)65-43(25-34-27-61-39-10-4-3-9-37(34)39)51(73)62-40(49(71)68-46)11-5-6-20-57/h3-4,7-10,12-19,21,26-27,30,38,40-46,61H,5-6,11,20,22-25,28-29,57-58H2,1-2H3,(H2,59,69)(H,62,73)(H,63,74)(H,64,75)(H,65,72)(H,66,70)(H,67,76)(H,68,71)/t38-,40-,41-,42-,43+,44+,45-,46-/m0/s1. The highest BCUT2D eigenvalue weighted by Crippen LogP contribution is 2.25. The van der Waals surface area contributed by atoms with Gasteiger partial charge in [0, 0.05) is 60.3 Å². The molecule has 2 aromatic heterocycles. The number of aromatic nitrogens is 2. The number of pyridine rings is 1. The van der Waals surface area contributed by atoms with Gasteiger partial charge in [-0.05, 0) is 96.8 Å². The van der Waals surface area contributed by atoms with Gasteiger partial charge in [0.1, 0.15) is 53.9 Å². The Kier molecular flexibility index (Phi) is 22.5. The number of rotatable bonds is 18. The third-order valence-corrected chi connectivity index (χ3v) is 15.3. The fraction of sp³-hybridized carbons (Fsp3) is 0.389. The van der Waals surface area contributed by atoms with Crippen molar-refractivity contribution in [2.24, 2.45) is 23.1 Å². The van der Waals surface area contributed by atoms with Gasteiger partial charge in [0.2, 0.25) is 47.3 Å². The zero-order chi connectivity index (χ0) is 56.3. The quantitative estimate of drug-likeness (QED) is 0.0439. The lowest BCUT2D eigenvalue weighted by Crippen LogP contribution is -2.61. The van der Waals surface area contributed by atoms with Crippen molar-refractivity contribution >= 4 is 79.7 Å². The number of amides is 8. The molecule has 0 spiro atoms. The molecule has 0 saturated carbocycles. The van der Waals surface area contributed by atoms with Gasteiger partial charge >= 0.3 is 0 Å². The normalized spacial score (nSPS) is 21.0. The Morgan fingerprint density at radius 2 is 1.32 bits per heavy atom. The first-order valence-corrected chi connectivity index (χ1v) is 27.9. The van der Waals surface area contributed by atoms with E-state index in [0.29, 0.717) is 35.1 Å². The average Bonchev–Trinajstić information content (AvgIpc) is 3.88. The van der Waals surface area contributed by atoms with Gasteiger partial charge in [-0.15, -0.1) is 0 Å². The van der Waals surface area contributed by atoms with Gasteiger partial charge in [-0.2, -0.15) is 0 Å². The zero-order valence-corrected chi connectivity index (χ0v) is 44.7. The lowest BCUT2D eigenvalue weighted by molar-refractivity contribution is -0.136. The zero-order valence-electron chi connectivity index (χ0n) is 43.1. The first-order chi connectivity index (χ1) is 37.4. The van der Waals surface area contributed by atoms with E-state index in [0.717, 1.165) is 32.5 Å². The Morgan fingerprint density at radius 3 is 1.96 bits per heavy atom. The maximum atomic E-state index is 14.8. The number of hydrogen-bond acceptors (Lipinski definition) is 13. The minimum absolute atomic E-state index is 0.0378. The highest BCUT2D eigenvalue weighted by atomic mass is 33.1. The molecule has 20 nitrogen and oxygen atoms in total. The first-order valence-electron chi connectivity index (χ1n) is 25.4. The number of aromatic amines is 1. The molecule has 14 N–H and O–H groups in total. The molecule has 1 saturated heterocycles. The fourth-order valence-electron chi connectivity index (χ4n) is 8.52. The minimum Gasteiger partial charge on any atom is -0.368 e. The topological polar surface area (TPSA) is 328 Å². The fourth-order valence-corrected chi connectivity index (χ4v) is 10.8. The number of benzene rings is 3. The highest BCUT2D eigenvalue weighted by Gasteiger charge is 2.36. The van der Waals surface area contributed by atoms with E-state index in [4.69, 9.17) is 17.2 Å². The van der Waals surface area contributed by atoms with Crippen LogP contribution in [0.2, 0.25) is 0 Å². The van der Waals surface area contributed by atoms with Crippen LogP contribution >= 0.6 is 21.6 Å². The molecule has 1 fully saturated rings. The second kappa shape index (κ2) is 29.4. The van der Waals surface area contributed by atoms with E-state index >= 15 is 0 Å². The molecule has 0 aliphatic carbocycles. The summed E-state index contributed by atoms with van der Waals surface area (Å²) in [5.41, 5.74) is 20.8. The SMILES string of the molecule is CC(C)[C@@H]1NC(=O)[C@H](CCCCN)NC(=O)[C@@H](Cc2c[nH]c3ccccc23)NC(=O)[C@H](Cc2cccnc2)NC(=O)[C@H](NC(=O)[C@@H](N)Cc2ccc(F)cc2)CSSC[C@@H](C(=O)N[C@@H](Cc2ccc(F)cc2)C(N)=O)NC1=O. The highest BCUT2D eigenvalue weighted by molar-refractivity contribution is 8.76. The molecule has 3 aromatic carbocycles. The molecule has 24 heteroatoms. The number of primary amides is 1. The van der Waals surface area contributed by atoms with Crippen molar-refractivity contribution in [2.75, 3.05) is 18.1 Å². The number of hydrogen-bond donors (Lipinski definition) is 11. The molecule has 3 heterocycles. The van der Waals surface area contributed by atoms with Crippen LogP contribution in [0.1, 0.15) is 55.4 Å². The number of nitrogens with one attached hydrogen (secondary N) is 8. The predicted octanol–water partition coefficient (Wildman–Crippen LogP) is 1.50. The maximum absolute atomic E-state index is 14.8. The molecular weight excluding hydrogens is 1050 g/mol. The number of nitrogens with zero attached hydrogens (tertiary/aromatic N) is 1. The van der Waals surface area contributed by atoms with Crippen LogP contribution in [0.4, 0.5) is 8.78 Å². The maximum Gasteiger partial charge on any atom is 0.244 e. The van der Waals surface area contributed by atoms with Crippen LogP contribution in [0.5, 0.6) is 0 Å². The summed E-state index contributed by atoms with van der Waals surface area (Å²) in [6.07, 6.45) is 5.24. The summed E-state index contributed by atoms with van der Waals surface area (Å²) in [5.74, 6) is -8.58. The van der Waals surface area contributed by atoms with Gasteiger partial charge < -0.3 is 59.4 Å². The Labute approximate surface area is 457 Å². The van der Waals surface area contributed by atoms with Gasteiger partial charge in [0.15, 0.2) is 0 Å². The van der Waals surface area contributed by atoms with Crippen molar-refractivity contribution in [3.05, 3.63) is 137 Å². The molecule has 5 aromatic rings. The van der Waals surface area contributed by atoms with E-state index < -0.39 is 113 Å². The van der Waals surface area contributed by atoms with Gasteiger partial charge in [-0.1, -0.05) is 84.0 Å². The van der Waals surface area contributed by atoms with E-state index in [1.54, 1.807) is 32.2 Å². The van der Waals surface area contributed by atoms with Gasteiger partial charge in [0.25, 0.3) is 0 Å². The molecule has 0 unspecified atom stereocenters. The van der Waals surface area contributed by atoms with Crippen LogP contribution < -0.4 is 54.4 Å². The molecule has 78 heavy (non-hydrogen) atoms. The van der Waals surface area contributed by atoms with E-state index in [2.05, 4.69) is 47.2 Å². The Morgan fingerprint density at radius 1 is 0.705 bits per heavy atom. The van der Waals surface area contributed by atoms with Crippen LogP contribution in [0.3, 0.4) is 0 Å². The molecule has 1 aliphatic rings. The third kappa shape index (κ3) is 17.8. The van der Waals surface area contributed by atoms with E-state index in [-0.39, 0.29) is 50.2 Å². The van der Waals surface area contributed by atoms with E-state index in [1.165, 1.54) is 60.9 Å². The van der Waals surface area contributed by atoms with Crippen LogP contribution in [0.25, 0.3) is 10.9 Å². The summed E-state index contributed by atoms with van der Waals surface area (Å²) >= 11 is 0. The van der Waals surface area contributed by atoms with Crippen molar-refractivity contribution < 1.29 is 47.1 Å². The number of carbonyl (C=O) groups excluding carboxylic acids is 8. The molecule has 0 bridgehead atoms. The number of unbranched alkanes of at least 4 members (excludes halogenated alkanes) is 1. The summed E-state index contributed by atoms with van der Waals surface area (Å²) in [6, 6.07) is 10.5. The van der Waals surface area contributed by atoms with E-state index in [1.807, 2.05) is 24.3 Å². The lowest BCUT2D eigenvalue weighted by atomic mass is 10.00. The van der Waals surface area contributed by atoms with Crippen LogP contribution in [-0.4, -0.2) is 124 Å². The molecule has 6 rings (SSSR count). The van der Waals surface area contributed by atoms with Crippen molar-refractivity contribution in [3.8, 4) is 0 Å². The smallest absolute Gasteiger partial charge is 0.244 e. The number of nitrogens with two attached hydrogens (primary N) is 3. The predicted molar refractivity (Wildman–Crippen MR) is 293 cm³/mol. The summed E-state index contributed by atoms with van der Waals surface area (Å²) in [7, 11) is 2.01. The van der Waals surface area contributed by atoms with Crippen LogP contribution in [-0.2, 0) is 64.0 Å². The monoisotopic (exact) mass is 1110 g/mol. The Bertz CT molecular complexity index is 2870. The third-order valence-electron chi connectivity index (χ3n) is 12.9. The lowest BCUT2D eigenvalue weighted by Gasteiger charge is -2.29. The van der Waals surface area contributed by atoms with Gasteiger partial charge in [0.05, 0.1) is 6.04 Å². The number of fused-ring (bicyclic) bond motifs is 1. The summed E-state index contributed by atoms with van der Waals surface area (Å²) < 4.78 is 27.5. The van der Waals surface area contributed by atoms with Crippen LogP contribution in [0.15, 0.2) is 104 Å². The van der Waals surface area contributed by atoms with Crippen molar-refractivity contribution in [1.29, 1.82) is 0 Å².